The molecule has 18 heavy (non-hydrogen) atoms. The van der Waals surface area contributed by atoms with E-state index in [0.29, 0.717) is 0 Å². The number of ether oxygens (including phenoxy) is 1. The van der Waals surface area contributed by atoms with Crippen molar-refractivity contribution < 1.29 is 9.53 Å². The van der Waals surface area contributed by atoms with Crippen LogP contribution in [0, 0.1) is 6.92 Å². The van der Waals surface area contributed by atoms with Crippen LogP contribution in [0.3, 0.4) is 0 Å². The SMILES string of the molecule is Cc1cc2c(cc1N1CCCCC1)OC(=O)C2C. The molecule has 0 spiro atoms. The van der Waals surface area contributed by atoms with Crippen molar-refractivity contribution in [2.24, 2.45) is 0 Å². The molecule has 0 N–H and O–H groups in total. The summed E-state index contributed by atoms with van der Waals surface area (Å²) in [4.78, 5) is 14.0. The molecule has 3 rings (SSSR count). The number of carbonyl (C=O) groups excluding carboxylic acids is 1. The van der Waals surface area contributed by atoms with Gasteiger partial charge >= 0.3 is 5.97 Å². The molecule has 1 saturated heterocycles. The Kier molecular flexibility index (Phi) is 2.77. The van der Waals surface area contributed by atoms with Crippen molar-refractivity contribution in [1.82, 2.24) is 0 Å². The Bertz CT molecular complexity index is 490. The third-order valence-electron chi connectivity index (χ3n) is 4.06. The van der Waals surface area contributed by atoms with Crippen LogP contribution >= 0.6 is 0 Å². The Hall–Kier alpha value is -1.51. The Morgan fingerprint density at radius 1 is 1.22 bits per heavy atom. The molecule has 1 atom stereocenters. The predicted octanol–water partition coefficient (Wildman–Crippen LogP) is 3.01. The average Bonchev–Trinajstić information content (AvgIpc) is 2.66. The lowest BCUT2D eigenvalue weighted by molar-refractivity contribution is -0.133. The number of aryl methyl sites for hydroxylation is 1. The first-order valence-electron chi connectivity index (χ1n) is 6.78. The number of rotatable bonds is 1. The first kappa shape index (κ1) is 11.6. The smallest absolute Gasteiger partial charge is 0.318 e. The van der Waals surface area contributed by atoms with Crippen molar-refractivity contribution in [3.05, 3.63) is 23.3 Å². The van der Waals surface area contributed by atoms with E-state index >= 15 is 0 Å². The maximum Gasteiger partial charge on any atom is 0.318 e. The number of fused-ring (bicyclic) bond motifs is 1. The normalized spacial score (nSPS) is 22.9. The van der Waals surface area contributed by atoms with E-state index in [9.17, 15) is 4.79 Å². The van der Waals surface area contributed by atoms with Crippen molar-refractivity contribution in [1.29, 1.82) is 0 Å². The Labute approximate surface area is 108 Å². The number of hydrogen-bond donors (Lipinski definition) is 0. The third-order valence-corrected chi connectivity index (χ3v) is 4.06. The Morgan fingerprint density at radius 3 is 2.67 bits per heavy atom. The van der Waals surface area contributed by atoms with Crippen LogP contribution in [-0.2, 0) is 4.79 Å². The fourth-order valence-electron chi connectivity index (χ4n) is 2.93. The van der Waals surface area contributed by atoms with Crippen molar-refractivity contribution in [2.75, 3.05) is 18.0 Å². The fraction of sp³-hybridized carbons (Fsp3) is 0.533. The van der Waals surface area contributed by atoms with Crippen LogP contribution in [0.5, 0.6) is 5.75 Å². The highest BCUT2D eigenvalue weighted by Gasteiger charge is 2.30. The van der Waals surface area contributed by atoms with Gasteiger partial charge in [0.25, 0.3) is 0 Å². The zero-order chi connectivity index (χ0) is 12.7. The topological polar surface area (TPSA) is 29.5 Å². The van der Waals surface area contributed by atoms with Crippen LogP contribution in [-0.4, -0.2) is 19.1 Å². The molecule has 0 amide bonds. The monoisotopic (exact) mass is 245 g/mol. The van der Waals surface area contributed by atoms with Gasteiger partial charge in [-0.25, -0.2) is 0 Å². The number of nitrogens with zero attached hydrogens (tertiary/aromatic N) is 1. The van der Waals surface area contributed by atoms with Gasteiger partial charge in [0.1, 0.15) is 5.75 Å². The van der Waals surface area contributed by atoms with Gasteiger partial charge < -0.3 is 9.64 Å². The minimum Gasteiger partial charge on any atom is -0.426 e. The van der Waals surface area contributed by atoms with Gasteiger partial charge in [0.2, 0.25) is 0 Å². The first-order chi connectivity index (χ1) is 8.66. The molecule has 1 unspecified atom stereocenters. The molecule has 0 radical (unpaired) electrons. The van der Waals surface area contributed by atoms with Gasteiger partial charge in [-0.1, -0.05) is 0 Å². The molecule has 0 bridgehead atoms. The van der Waals surface area contributed by atoms with Gasteiger partial charge in [-0.15, -0.1) is 0 Å². The van der Waals surface area contributed by atoms with E-state index < -0.39 is 0 Å². The molecule has 3 nitrogen and oxygen atoms in total. The summed E-state index contributed by atoms with van der Waals surface area (Å²) in [5.41, 5.74) is 3.52. The van der Waals surface area contributed by atoms with Gasteiger partial charge in [0, 0.05) is 30.4 Å². The van der Waals surface area contributed by atoms with E-state index in [0.717, 1.165) is 24.4 Å². The summed E-state index contributed by atoms with van der Waals surface area (Å²) in [5.74, 6) is 0.521. The van der Waals surface area contributed by atoms with Crippen LogP contribution in [0.15, 0.2) is 12.1 Å². The highest BCUT2D eigenvalue weighted by molar-refractivity contribution is 5.86. The fourth-order valence-corrected chi connectivity index (χ4v) is 2.93. The predicted molar refractivity (Wildman–Crippen MR) is 71.3 cm³/mol. The molecule has 0 aromatic heterocycles. The minimum atomic E-state index is -0.125. The second kappa shape index (κ2) is 4.30. The van der Waals surface area contributed by atoms with E-state index in [1.807, 2.05) is 6.92 Å². The third kappa shape index (κ3) is 1.78. The zero-order valence-corrected chi connectivity index (χ0v) is 11.0. The number of esters is 1. The number of piperidine rings is 1. The average molecular weight is 245 g/mol. The maximum atomic E-state index is 11.6. The number of carbonyl (C=O) groups is 1. The molecule has 1 aromatic carbocycles. The van der Waals surface area contributed by atoms with Crippen molar-refractivity contribution in [3.63, 3.8) is 0 Å². The minimum absolute atomic E-state index is 0.117. The summed E-state index contributed by atoms with van der Waals surface area (Å²) >= 11 is 0. The molecular weight excluding hydrogens is 226 g/mol. The summed E-state index contributed by atoms with van der Waals surface area (Å²) in [6.07, 6.45) is 3.84. The standard InChI is InChI=1S/C15H19NO2/c1-10-8-12-11(2)15(17)18-14(12)9-13(10)16-6-4-3-5-7-16/h8-9,11H,3-7H2,1-2H3. The molecule has 1 aromatic rings. The highest BCUT2D eigenvalue weighted by atomic mass is 16.5. The van der Waals surface area contributed by atoms with E-state index in [1.54, 1.807) is 0 Å². The lowest BCUT2D eigenvalue weighted by atomic mass is 9.98. The summed E-state index contributed by atoms with van der Waals surface area (Å²) in [5, 5.41) is 0. The Balaban J connectivity index is 1.97. The van der Waals surface area contributed by atoms with Crippen molar-refractivity contribution in [3.8, 4) is 5.75 Å². The van der Waals surface area contributed by atoms with Gasteiger partial charge in [-0.2, -0.15) is 0 Å². The lowest BCUT2D eigenvalue weighted by Gasteiger charge is -2.30. The highest BCUT2D eigenvalue weighted by Crippen LogP contribution is 2.39. The number of benzene rings is 1. The molecule has 1 fully saturated rings. The summed E-state index contributed by atoms with van der Waals surface area (Å²) in [6, 6.07) is 4.17. The summed E-state index contributed by atoms with van der Waals surface area (Å²) in [6.45, 7) is 6.26. The van der Waals surface area contributed by atoms with Crippen LogP contribution in [0.4, 0.5) is 5.69 Å². The van der Waals surface area contributed by atoms with Crippen LogP contribution in [0.25, 0.3) is 0 Å². The van der Waals surface area contributed by atoms with Crippen LogP contribution in [0.2, 0.25) is 0 Å². The van der Waals surface area contributed by atoms with Crippen LogP contribution < -0.4 is 9.64 Å². The number of hydrogen-bond acceptors (Lipinski definition) is 3. The molecule has 96 valence electrons. The molecule has 2 aliphatic rings. The molecule has 0 saturated carbocycles. The van der Waals surface area contributed by atoms with E-state index in [2.05, 4.69) is 24.0 Å². The molecular formula is C15H19NO2. The van der Waals surface area contributed by atoms with E-state index in [1.165, 1.54) is 30.5 Å². The largest absolute Gasteiger partial charge is 0.426 e. The van der Waals surface area contributed by atoms with Crippen molar-refractivity contribution in [2.45, 2.75) is 39.0 Å². The first-order valence-corrected chi connectivity index (χ1v) is 6.78. The second-order valence-electron chi connectivity index (χ2n) is 5.37. The van der Waals surface area contributed by atoms with Crippen LogP contribution in [0.1, 0.15) is 43.2 Å². The Morgan fingerprint density at radius 2 is 1.94 bits per heavy atom. The molecule has 2 heterocycles. The molecule has 0 aliphatic carbocycles. The number of anilines is 1. The summed E-state index contributed by atoms with van der Waals surface area (Å²) in [7, 11) is 0. The molecule has 3 heteroatoms. The second-order valence-corrected chi connectivity index (χ2v) is 5.37. The van der Waals surface area contributed by atoms with Gasteiger partial charge in [0.15, 0.2) is 0 Å². The summed E-state index contributed by atoms with van der Waals surface area (Å²) < 4.78 is 5.34. The molecule has 2 aliphatic heterocycles. The van der Waals surface area contributed by atoms with Gasteiger partial charge in [-0.05, 0) is 44.7 Å². The van der Waals surface area contributed by atoms with E-state index in [-0.39, 0.29) is 11.9 Å². The van der Waals surface area contributed by atoms with E-state index in [4.69, 9.17) is 4.74 Å². The maximum absolute atomic E-state index is 11.6. The van der Waals surface area contributed by atoms with Gasteiger partial charge in [0.05, 0.1) is 5.92 Å². The van der Waals surface area contributed by atoms with Crippen molar-refractivity contribution >= 4 is 11.7 Å². The zero-order valence-electron chi connectivity index (χ0n) is 11.0. The lowest BCUT2D eigenvalue weighted by Crippen LogP contribution is -2.29. The van der Waals surface area contributed by atoms with Gasteiger partial charge in [-0.3, -0.25) is 4.79 Å². The quantitative estimate of drug-likeness (QED) is 0.562.